The van der Waals surface area contributed by atoms with E-state index >= 15 is 0 Å². The Morgan fingerprint density at radius 2 is 1.33 bits per heavy atom. The Bertz CT molecular complexity index is 88.2. The van der Waals surface area contributed by atoms with Crippen molar-refractivity contribution in [2.45, 2.75) is 20.8 Å². The minimum absolute atomic E-state index is 0.833. The lowest BCUT2D eigenvalue weighted by Gasteiger charge is -1.79. The zero-order valence-electron chi connectivity index (χ0n) is 6.39. The van der Waals surface area contributed by atoms with Crippen molar-refractivity contribution in [1.29, 1.82) is 0 Å². The van der Waals surface area contributed by atoms with Crippen molar-refractivity contribution in [3.05, 3.63) is 24.5 Å². The van der Waals surface area contributed by atoms with Gasteiger partial charge in [-0.05, 0) is 18.1 Å². The minimum Gasteiger partial charge on any atom is -0.368 e. The molecular formula is C8H15N. The first kappa shape index (κ1) is 8.28. The Kier molecular flexibility index (Phi) is 4.98. The van der Waals surface area contributed by atoms with Crippen molar-refractivity contribution in [2.24, 2.45) is 5.92 Å². The predicted octanol–water partition coefficient (Wildman–Crippen LogP) is 2.68. The second-order valence-corrected chi connectivity index (χ2v) is 2.62. The van der Waals surface area contributed by atoms with Gasteiger partial charge in [0.25, 0.3) is 0 Å². The number of aromatic amines is 1. The maximum absolute atomic E-state index is 2.86. The van der Waals surface area contributed by atoms with E-state index in [0.29, 0.717) is 0 Å². The monoisotopic (exact) mass is 125 g/mol. The van der Waals surface area contributed by atoms with Crippen LogP contribution in [0.2, 0.25) is 0 Å². The fourth-order valence-corrected chi connectivity index (χ4v) is 0.278. The Balaban J connectivity index is 0.000000148. The van der Waals surface area contributed by atoms with Gasteiger partial charge in [-0.3, -0.25) is 0 Å². The Morgan fingerprint density at radius 1 is 1.00 bits per heavy atom. The van der Waals surface area contributed by atoms with Crippen molar-refractivity contribution in [3.8, 4) is 0 Å². The van der Waals surface area contributed by atoms with Gasteiger partial charge >= 0.3 is 0 Å². The average molecular weight is 125 g/mol. The quantitative estimate of drug-likeness (QED) is 0.548. The van der Waals surface area contributed by atoms with E-state index in [-0.39, 0.29) is 0 Å². The summed E-state index contributed by atoms with van der Waals surface area (Å²) in [5.41, 5.74) is 0. The van der Waals surface area contributed by atoms with Crippen LogP contribution in [0.5, 0.6) is 0 Å². The van der Waals surface area contributed by atoms with E-state index in [1.165, 1.54) is 0 Å². The minimum atomic E-state index is 0.833. The van der Waals surface area contributed by atoms with E-state index in [4.69, 9.17) is 0 Å². The zero-order valence-corrected chi connectivity index (χ0v) is 6.39. The van der Waals surface area contributed by atoms with Gasteiger partial charge in [-0.25, -0.2) is 0 Å². The van der Waals surface area contributed by atoms with Crippen molar-refractivity contribution in [3.63, 3.8) is 0 Å². The first-order chi connectivity index (χ1) is 4.23. The fraction of sp³-hybridized carbons (Fsp3) is 0.500. The van der Waals surface area contributed by atoms with Gasteiger partial charge in [0.1, 0.15) is 0 Å². The molecule has 0 aliphatic carbocycles. The molecule has 0 unspecified atom stereocenters. The second kappa shape index (κ2) is 5.42. The SMILES string of the molecule is CC(C)C.c1cc[nH]c1. The van der Waals surface area contributed by atoms with Gasteiger partial charge in [0.05, 0.1) is 0 Å². The van der Waals surface area contributed by atoms with Gasteiger partial charge < -0.3 is 4.98 Å². The lowest BCUT2D eigenvalue weighted by Crippen LogP contribution is -1.66. The standard InChI is InChI=1S/C4H5N.C4H10/c1-2-4-5-3-1;1-4(2)3/h1-5H;4H,1-3H3. The number of H-pyrrole nitrogens is 1. The molecule has 1 heterocycles. The van der Waals surface area contributed by atoms with Crippen LogP contribution in [-0.2, 0) is 0 Å². The number of rotatable bonds is 0. The molecule has 52 valence electrons. The topological polar surface area (TPSA) is 15.8 Å². The molecule has 1 nitrogen and oxygen atoms in total. The van der Waals surface area contributed by atoms with E-state index in [1.54, 1.807) is 0 Å². The van der Waals surface area contributed by atoms with E-state index in [2.05, 4.69) is 25.8 Å². The molecule has 0 aliphatic heterocycles. The third-order valence-electron chi connectivity index (χ3n) is 0.496. The molecule has 0 bridgehead atoms. The summed E-state index contributed by atoms with van der Waals surface area (Å²) in [5.74, 6) is 0.833. The molecule has 0 saturated carbocycles. The smallest absolute Gasteiger partial charge is 0.000496 e. The fourth-order valence-electron chi connectivity index (χ4n) is 0.278. The molecule has 0 atom stereocenters. The molecule has 1 aromatic heterocycles. The normalized spacial score (nSPS) is 8.44. The molecule has 9 heavy (non-hydrogen) atoms. The first-order valence-electron chi connectivity index (χ1n) is 3.31. The number of nitrogens with one attached hydrogen (secondary N) is 1. The van der Waals surface area contributed by atoms with E-state index in [9.17, 15) is 0 Å². The van der Waals surface area contributed by atoms with E-state index in [1.807, 2.05) is 24.5 Å². The van der Waals surface area contributed by atoms with Crippen LogP contribution in [0, 0.1) is 5.92 Å². The summed E-state index contributed by atoms with van der Waals surface area (Å²) in [6.45, 7) is 6.50. The van der Waals surface area contributed by atoms with Crippen LogP contribution in [0.1, 0.15) is 20.8 Å². The van der Waals surface area contributed by atoms with Crippen LogP contribution in [0.3, 0.4) is 0 Å². The maximum atomic E-state index is 2.86. The molecule has 0 radical (unpaired) electrons. The number of hydrogen-bond acceptors (Lipinski definition) is 0. The molecule has 0 aromatic carbocycles. The van der Waals surface area contributed by atoms with Crippen LogP contribution in [0.4, 0.5) is 0 Å². The van der Waals surface area contributed by atoms with Gasteiger partial charge in [0.15, 0.2) is 0 Å². The van der Waals surface area contributed by atoms with Gasteiger partial charge in [-0.2, -0.15) is 0 Å². The summed E-state index contributed by atoms with van der Waals surface area (Å²) in [6, 6.07) is 3.89. The Labute approximate surface area is 57.1 Å². The average Bonchev–Trinajstić information content (AvgIpc) is 2.11. The lowest BCUT2D eigenvalue weighted by atomic mass is 10.3. The summed E-state index contributed by atoms with van der Waals surface area (Å²) in [7, 11) is 0. The highest BCUT2D eigenvalue weighted by Crippen LogP contribution is 1.81. The molecule has 0 amide bonds. The highest BCUT2D eigenvalue weighted by atomic mass is 14.6. The van der Waals surface area contributed by atoms with Crippen molar-refractivity contribution in [1.82, 2.24) is 4.98 Å². The van der Waals surface area contributed by atoms with Gasteiger partial charge in [-0.1, -0.05) is 20.8 Å². The van der Waals surface area contributed by atoms with Crippen LogP contribution in [0.25, 0.3) is 0 Å². The highest BCUT2D eigenvalue weighted by Gasteiger charge is 1.68. The van der Waals surface area contributed by atoms with Gasteiger partial charge in [0, 0.05) is 12.4 Å². The molecule has 0 fully saturated rings. The molecule has 1 heteroatoms. The predicted molar refractivity (Wildman–Crippen MR) is 41.3 cm³/mol. The maximum Gasteiger partial charge on any atom is 0.000496 e. The van der Waals surface area contributed by atoms with Gasteiger partial charge in [-0.15, -0.1) is 0 Å². The summed E-state index contributed by atoms with van der Waals surface area (Å²) >= 11 is 0. The first-order valence-corrected chi connectivity index (χ1v) is 3.31. The number of hydrogen-bond donors (Lipinski definition) is 1. The molecule has 1 N–H and O–H groups in total. The van der Waals surface area contributed by atoms with Crippen LogP contribution >= 0.6 is 0 Å². The van der Waals surface area contributed by atoms with Crippen LogP contribution in [0.15, 0.2) is 24.5 Å². The molecule has 1 rings (SSSR count). The van der Waals surface area contributed by atoms with E-state index in [0.717, 1.165) is 5.92 Å². The zero-order chi connectivity index (χ0) is 7.11. The van der Waals surface area contributed by atoms with Gasteiger partial charge in [0.2, 0.25) is 0 Å². The Hall–Kier alpha value is -0.720. The third-order valence-corrected chi connectivity index (χ3v) is 0.496. The highest BCUT2D eigenvalue weighted by molar-refractivity contribution is 4.84. The second-order valence-electron chi connectivity index (χ2n) is 2.62. The summed E-state index contributed by atoms with van der Waals surface area (Å²) in [5, 5.41) is 0. The third kappa shape index (κ3) is 11.1. The molecule has 0 aliphatic rings. The summed E-state index contributed by atoms with van der Waals surface area (Å²) < 4.78 is 0. The molecule has 0 saturated heterocycles. The van der Waals surface area contributed by atoms with Crippen molar-refractivity contribution >= 4 is 0 Å². The molecule has 0 spiro atoms. The summed E-state index contributed by atoms with van der Waals surface area (Å²) in [4.78, 5) is 2.86. The largest absolute Gasteiger partial charge is 0.368 e. The van der Waals surface area contributed by atoms with Crippen molar-refractivity contribution < 1.29 is 0 Å². The number of aromatic nitrogens is 1. The molecule has 1 aromatic rings. The lowest BCUT2D eigenvalue weighted by molar-refractivity contribution is 0.737. The van der Waals surface area contributed by atoms with Crippen LogP contribution in [-0.4, -0.2) is 4.98 Å². The van der Waals surface area contributed by atoms with E-state index < -0.39 is 0 Å². The summed E-state index contributed by atoms with van der Waals surface area (Å²) in [6.07, 6.45) is 3.75. The van der Waals surface area contributed by atoms with Crippen LogP contribution < -0.4 is 0 Å². The molecular weight excluding hydrogens is 110 g/mol. The van der Waals surface area contributed by atoms with Crippen molar-refractivity contribution in [2.75, 3.05) is 0 Å². The Morgan fingerprint density at radius 3 is 1.44 bits per heavy atom.